The second-order valence-electron chi connectivity index (χ2n) is 8.77. The van der Waals surface area contributed by atoms with E-state index in [4.69, 9.17) is 15.6 Å². The highest BCUT2D eigenvalue weighted by Gasteiger charge is 2.47. The minimum absolute atomic E-state index is 0.127. The molecule has 4 rings (SSSR count). The number of nitrogens with one attached hydrogen (secondary N) is 4. The van der Waals surface area contributed by atoms with E-state index in [9.17, 15) is 13.6 Å². The number of alkyl halides is 2. The number of benzene rings is 1. The lowest BCUT2D eigenvalue weighted by Crippen LogP contribution is -2.56. The molecule has 1 aromatic heterocycles. The molecule has 2 atom stereocenters. The van der Waals surface area contributed by atoms with Gasteiger partial charge in [0.15, 0.2) is 5.82 Å². The van der Waals surface area contributed by atoms with Crippen molar-refractivity contribution in [2.45, 2.75) is 57.5 Å². The summed E-state index contributed by atoms with van der Waals surface area (Å²) in [7, 11) is 1.48. The molecule has 2 aliphatic rings. The molecule has 1 fully saturated rings. The average Bonchev–Trinajstić information content (AvgIpc) is 3.22. The van der Waals surface area contributed by atoms with Crippen LogP contribution in [0.5, 0.6) is 5.75 Å². The Hall–Kier alpha value is -3.83. The number of carbonyl (C=O) groups is 1. The zero-order valence-corrected chi connectivity index (χ0v) is 20.4. The van der Waals surface area contributed by atoms with Crippen molar-refractivity contribution in [2.75, 3.05) is 28.8 Å². The second kappa shape index (κ2) is 10.0. The predicted octanol–water partition coefficient (Wildman–Crippen LogP) is 4.16. The number of aromatic nitrogens is 2. The van der Waals surface area contributed by atoms with Gasteiger partial charge in [0.25, 0.3) is 5.91 Å². The Bertz CT molecular complexity index is 1170. The molecule has 10 nitrogen and oxygen atoms in total. The summed E-state index contributed by atoms with van der Waals surface area (Å²) in [6, 6.07) is 3.92. The molecule has 1 aromatic carbocycles. The summed E-state index contributed by atoms with van der Waals surface area (Å²) in [6.07, 6.45) is 2.74. The lowest BCUT2D eigenvalue weighted by molar-refractivity contribution is 0.00762. The molecular formula is C24H30F2N8O2. The summed E-state index contributed by atoms with van der Waals surface area (Å²) in [6.45, 7) is 4.21. The fourth-order valence-electron chi connectivity index (χ4n) is 4.80. The average molecular weight is 501 g/mol. The summed E-state index contributed by atoms with van der Waals surface area (Å²) >= 11 is 0. The number of amides is 1. The number of carbonyl (C=O) groups excluding carboxylic acids is 1. The van der Waals surface area contributed by atoms with Gasteiger partial charge in [-0.2, -0.15) is 4.98 Å². The van der Waals surface area contributed by atoms with E-state index in [-0.39, 0.29) is 37.0 Å². The van der Waals surface area contributed by atoms with Crippen LogP contribution in [-0.2, 0) is 0 Å². The van der Waals surface area contributed by atoms with Crippen LogP contribution in [0.3, 0.4) is 0 Å². The molecule has 1 amide bonds. The number of ether oxygens (including phenoxy) is 1. The summed E-state index contributed by atoms with van der Waals surface area (Å²) in [4.78, 5) is 24.4. The van der Waals surface area contributed by atoms with E-state index in [1.54, 1.807) is 23.1 Å². The van der Waals surface area contributed by atoms with E-state index >= 15 is 0 Å². The standard InChI is InChI=1S/C24H30F2N8O2/c1-4-17-20(28)33(13-27)18-12-30-23(32-21(18)34(17)15-8-9-24(25,26)11-15)31-16-7-6-14(10-19(16)36-3)22(35)29-5-2/h6-7,10,12-13,15,17,27-28H,4-5,8-9,11H2,1-3H3,(H,29,35)(H,30,31,32)/t15-,17-/m1/s1. The molecular weight excluding hydrogens is 470 g/mol. The number of hydrogen-bond donors (Lipinski definition) is 4. The maximum Gasteiger partial charge on any atom is 0.251 e. The van der Waals surface area contributed by atoms with Gasteiger partial charge in [-0.3, -0.25) is 20.5 Å². The zero-order chi connectivity index (χ0) is 26.0. The van der Waals surface area contributed by atoms with E-state index < -0.39 is 18.0 Å². The molecule has 2 heterocycles. The Morgan fingerprint density at radius 2 is 2.14 bits per heavy atom. The molecule has 4 N–H and O–H groups in total. The van der Waals surface area contributed by atoms with Crippen LogP contribution in [0.15, 0.2) is 24.4 Å². The molecule has 0 radical (unpaired) electrons. The Kier molecular flexibility index (Phi) is 7.04. The molecule has 192 valence electrons. The van der Waals surface area contributed by atoms with Gasteiger partial charge >= 0.3 is 0 Å². The Morgan fingerprint density at radius 1 is 1.36 bits per heavy atom. The summed E-state index contributed by atoms with van der Waals surface area (Å²) in [5.74, 6) is -1.88. The van der Waals surface area contributed by atoms with Crippen molar-refractivity contribution in [3.8, 4) is 5.75 Å². The largest absolute Gasteiger partial charge is 0.495 e. The van der Waals surface area contributed by atoms with Crippen molar-refractivity contribution >= 4 is 41.2 Å². The van der Waals surface area contributed by atoms with Gasteiger partial charge < -0.3 is 20.3 Å². The van der Waals surface area contributed by atoms with E-state index in [0.29, 0.717) is 41.5 Å². The van der Waals surface area contributed by atoms with Crippen LogP contribution in [0, 0.1) is 10.8 Å². The number of rotatable bonds is 8. The van der Waals surface area contributed by atoms with E-state index in [0.717, 1.165) is 6.34 Å². The minimum atomic E-state index is -2.77. The van der Waals surface area contributed by atoms with Gasteiger partial charge in [0.05, 0.1) is 31.4 Å². The normalized spacial score (nSPS) is 20.6. The van der Waals surface area contributed by atoms with Crippen LogP contribution >= 0.6 is 0 Å². The highest BCUT2D eigenvalue weighted by molar-refractivity contribution is 6.16. The number of nitrogens with zero attached hydrogens (tertiary/aromatic N) is 4. The second-order valence-corrected chi connectivity index (χ2v) is 8.77. The molecule has 0 spiro atoms. The van der Waals surface area contributed by atoms with Gasteiger partial charge in [0.1, 0.15) is 17.3 Å². The van der Waals surface area contributed by atoms with Gasteiger partial charge in [-0.05, 0) is 38.0 Å². The first kappa shape index (κ1) is 25.3. The molecule has 1 saturated carbocycles. The van der Waals surface area contributed by atoms with Crippen molar-refractivity contribution in [3.05, 3.63) is 30.0 Å². The number of anilines is 4. The third-order valence-corrected chi connectivity index (χ3v) is 6.50. The molecule has 2 aromatic rings. The van der Waals surface area contributed by atoms with Crippen molar-refractivity contribution in [1.82, 2.24) is 15.3 Å². The molecule has 1 aliphatic carbocycles. The first-order valence-electron chi connectivity index (χ1n) is 11.9. The van der Waals surface area contributed by atoms with Gasteiger partial charge in [0.2, 0.25) is 11.9 Å². The van der Waals surface area contributed by atoms with Crippen LogP contribution in [0.4, 0.5) is 31.9 Å². The Labute approximate surface area is 208 Å². The highest BCUT2D eigenvalue weighted by Crippen LogP contribution is 2.44. The predicted molar refractivity (Wildman–Crippen MR) is 134 cm³/mol. The van der Waals surface area contributed by atoms with Crippen molar-refractivity contribution in [2.24, 2.45) is 0 Å². The summed E-state index contributed by atoms with van der Waals surface area (Å²) in [5.41, 5.74) is 1.34. The first-order chi connectivity index (χ1) is 17.2. The molecule has 0 saturated heterocycles. The van der Waals surface area contributed by atoms with Crippen LogP contribution in [0.25, 0.3) is 0 Å². The van der Waals surface area contributed by atoms with E-state index in [1.807, 2.05) is 13.8 Å². The van der Waals surface area contributed by atoms with Crippen molar-refractivity contribution < 1.29 is 18.3 Å². The zero-order valence-electron chi connectivity index (χ0n) is 20.4. The van der Waals surface area contributed by atoms with Gasteiger partial charge in [-0.25, -0.2) is 13.8 Å². The van der Waals surface area contributed by atoms with Crippen LogP contribution < -0.4 is 25.2 Å². The number of amidine groups is 1. The van der Waals surface area contributed by atoms with Crippen molar-refractivity contribution in [1.29, 1.82) is 10.8 Å². The fourth-order valence-corrected chi connectivity index (χ4v) is 4.80. The van der Waals surface area contributed by atoms with E-state index in [2.05, 4.69) is 20.6 Å². The minimum Gasteiger partial charge on any atom is -0.495 e. The molecule has 36 heavy (non-hydrogen) atoms. The molecule has 0 unspecified atom stereocenters. The topological polar surface area (TPSA) is 130 Å². The number of fused-ring (bicyclic) bond motifs is 1. The third-order valence-electron chi connectivity index (χ3n) is 6.50. The maximum absolute atomic E-state index is 14.2. The van der Waals surface area contributed by atoms with Gasteiger partial charge in [-0.1, -0.05) is 6.92 Å². The van der Waals surface area contributed by atoms with Gasteiger partial charge in [-0.15, -0.1) is 0 Å². The lowest BCUT2D eigenvalue weighted by atomic mass is 10.0. The SMILES string of the molecule is CCNC(=O)c1ccc(Nc2ncc3c(n2)N([C@@H]2CCC(F)(F)C2)[C@H](CC)C(=N)N3C=N)c(OC)c1. The molecule has 1 aliphatic heterocycles. The van der Waals surface area contributed by atoms with Crippen molar-refractivity contribution in [3.63, 3.8) is 0 Å². The number of halogens is 2. The monoisotopic (exact) mass is 500 g/mol. The first-order valence-corrected chi connectivity index (χ1v) is 11.9. The Morgan fingerprint density at radius 3 is 2.75 bits per heavy atom. The van der Waals surface area contributed by atoms with Gasteiger partial charge in [0, 0.05) is 31.0 Å². The van der Waals surface area contributed by atoms with Crippen LogP contribution in [0.2, 0.25) is 0 Å². The summed E-state index contributed by atoms with van der Waals surface area (Å²) in [5, 5.41) is 22.3. The number of methoxy groups -OCH3 is 1. The fraction of sp³-hybridized carbons (Fsp3) is 0.458. The third kappa shape index (κ3) is 4.67. The molecule has 0 bridgehead atoms. The lowest BCUT2D eigenvalue weighted by Gasteiger charge is -2.44. The van der Waals surface area contributed by atoms with E-state index in [1.165, 1.54) is 18.2 Å². The summed E-state index contributed by atoms with van der Waals surface area (Å²) < 4.78 is 33.8. The molecule has 12 heteroatoms. The van der Waals surface area contributed by atoms with Crippen LogP contribution in [-0.4, -0.2) is 59.7 Å². The number of hydrogen-bond acceptors (Lipinski definition) is 8. The maximum atomic E-state index is 14.2. The highest BCUT2D eigenvalue weighted by atomic mass is 19.3. The quantitative estimate of drug-likeness (QED) is 0.316. The van der Waals surface area contributed by atoms with Crippen LogP contribution in [0.1, 0.15) is 49.9 Å². The Balaban J connectivity index is 1.72. The smallest absolute Gasteiger partial charge is 0.251 e.